The third-order valence-corrected chi connectivity index (χ3v) is 5.11. The van der Waals surface area contributed by atoms with Gasteiger partial charge in [0.25, 0.3) is 0 Å². The summed E-state index contributed by atoms with van der Waals surface area (Å²) in [5.41, 5.74) is -0.764. The second-order valence-corrected chi connectivity index (χ2v) is 7.61. The quantitative estimate of drug-likeness (QED) is 0.578. The topological polar surface area (TPSA) is 44.7 Å². The Morgan fingerprint density at radius 3 is 2.13 bits per heavy atom. The molecule has 1 aliphatic rings. The van der Waals surface area contributed by atoms with E-state index in [9.17, 15) is 31.4 Å². The second-order valence-electron chi connectivity index (χ2n) is 6.69. The molecular formula is C19H17BrF6N2O2. The van der Waals surface area contributed by atoms with Crippen LogP contribution in [-0.4, -0.2) is 42.5 Å². The summed E-state index contributed by atoms with van der Waals surface area (Å²) in [6, 6.07) is 6.26. The van der Waals surface area contributed by atoms with Crippen LogP contribution in [0, 0.1) is 0 Å². The van der Waals surface area contributed by atoms with E-state index >= 15 is 0 Å². The van der Waals surface area contributed by atoms with Crippen LogP contribution in [0.4, 0.5) is 26.3 Å². The SMILES string of the molecule is Oc1c([C@H](c2ccc(OC(F)(F)F)cc2)N2CCNCC2)cc(Br)cc1C(F)(F)F. The first kappa shape index (κ1) is 22.7. The number of ether oxygens (including phenoxy) is 1. The van der Waals surface area contributed by atoms with Crippen LogP contribution in [0.3, 0.4) is 0 Å². The lowest BCUT2D eigenvalue weighted by molar-refractivity contribution is -0.274. The Morgan fingerprint density at radius 1 is 1.00 bits per heavy atom. The average Bonchev–Trinajstić information content (AvgIpc) is 2.64. The van der Waals surface area contributed by atoms with Gasteiger partial charge in [0.05, 0.1) is 11.6 Å². The zero-order valence-electron chi connectivity index (χ0n) is 15.3. The molecule has 0 saturated carbocycles. The van der Waals surface area contributed by atoms with E-state index in [4.69, 9.17) is 0 Å². The zero-order valence-corrected chi connectivity index (χ0v) is 16.9. The van der Waals surface area contributed by atoms with E-state index in [0.29, 0.717) is 31.7 Å². The highest BCUT2D eigenvalue weighted by Gasteiger charge is 2.38. The van der Waals surface area contributed by atoms with Gasteiger partial charge >= 0.3 is 12.5 Å². The summed E-state index contributed by atoms with van der Waals surface area (Å²) in [5.74, 6) is -1.36. The van der Waals surface area contributed by atoms with E-state index in [1.54, 1.807) is 0 Å². The van der Waals surface area contributed by atoms with Gasteiger partial charge in [0.1, 0.15) is 11.5 Å². The fourth-order valence-electron chi connectivity index (χ4n) is 3.42. The number of phenols is 1. The van der Waals surface area contributed by atoms with Crippen molar-refractivity contribution in [1.82, 2.24) is 10.2 Å². The molecule has 0 bridgehead atoms. The van der Waals surface area contributed by atoms with Gasteiger partial charge in [-0.25, -0.2) is 0 Å². The molecule has 2 aromatic rings. The molecule has 164 valence electrons. The molecule has 1 aliphatic heterocycles. The highest BCUT2D eigenvalue weighted by molar-refractivity contribution is 9.10. The van der Waals surface area contributed by atoms with Crippen LogP contribution in [0.2, 0.25) is 0 Å². The summed E-state index contributed by atoms with van der Waals surface area (Å²) in [6.45, 7) is 2.09. The Bertz CT molecular complexity index is 880. The van der Waals surface area contributed by atoms with Gasteiger partial charge in [-0.05, 0) is 29.8 Å². The fourth-order valence-corrected chi connectivity index (χ4v) is 3.90. The molecule has 0 aromatic heterocycles. The molecule has 2 N–H and O–H groups in total. The Labute approximate surface area is 176 Å². The minimum atomic E-state index is -4.86. The molecule has 30 heavy (non-hydrogen) atoms. The molecule has 1 atom stereocenters. The number of halogens is 7. The summed E-state index contributed by atoms with van der Waals surface area (Å²) in [4.78, 5) is 1.86. The van der Waals surface area contributed by atoms with Gasteiger partial charge in [0, 0.05) is 36.2 Å². The van der Waals surface area contributed by atoms with Crippen molar-refractivity contribution in [2.75, 3.05) is 26.2 Å². The van der Waals surface area contributed by atoms with Crippen LogP contribution in [0.1, 0.15) is 22.7 Å². The number of hydrogen-bond acceptors (Lipinski definition) is 4. The lowest BCUT2D eigenvalue weighted by atomic mass is 9.93. The molecule has 3 rings (SSSR count). The number of phenolic OH excluding ortho intramolecular Hbond substituents is 1. The maximum absolute atomic E-state index is 13.4. The van der Waals surface area contributed by atoms with Gasteiger partial charge in [-0.3, -0.25) is 4.90 Å². The predicted octanol–water partition coefficient (Wildman–Crippen LogP) is 5.07. The van der Waals surface area contributed by atoms with Crippen LogP contribution < -0.4 is 10.1 Å². The number of nitrogens with zero attached hydrogens (tertiary/aromatic N) is 1. The number of piperazine rings is 1. The van der Waals surface area contributed by atoms with Crippen molar-refractivity contribution in [2.45, 2.75) is 18.6 Å². The van der Waals surface area contributed by atoms with E-state index in [0.717, 1.165) is 18.2 Å². The number of benzene rings is 2. The summed E-state index contributed by atoms with van der Waals surface area (Å²) in [6.07, 6.45) is -9.63. The molecule has 1 saturated heterocycles. The van der Waals surface area contributed by atoms with Gasteiger partial charge in [0.15, 0.2) is 0 Å². The third-order valence-electron chi connectivity index (χ3n) is 4.65. The smallest absolute Gasteiger partial charge is 0.507 e. The van der Waals surface area contributed by atoms with Gasteiger partial charge in [-0.2, -0.15) is 13.2 Å². The first-order chi connectivity index (χ1) is 14.0. The van der Waals surface area contributed by atoms with Crippen molar-refractivity contribution in [2.24, 2.45) is 0 Å². The minimum Gasteiger partial charge on any atom is -0.507 e. The molecule has 0 aliphatic carbocycles. The van der Waals surface area contributed by atoms with E-state index in [1.165, 1.54) is 18.2 Å². The normalized spacial score (nSPS) is 17.0. The molecule has 2 aromatic carbocycles. The van der Waals surface area contributed by atoms with Crippen molar-refractivity contribution < 1.29 is 36.2 Å². The van der Waals surface area contributed by atoms with Crippen LogP contribution in [0.15, 0.2) is 40.9 Å². The fraction of sp³-hybridized carbons (Fsp3) is 0.368. The summed E-state index contributed by atoms with van der Waals surface area (Å²) >= 11 is 3.06. The van der Waals surface area contributed by atoms with E-state index in [1.807, 2.05) is 4.90 Å². The van der Waals surface area contributed by atoms with Gasteiger partial charge in [0.2, 0.25) is 0 Å². The van der Waals surface area contributed by atoms with Gasteiger partial charge in [-0.15, -0.1) is 13.2 Å². The Morgan fingerprint density at radius 2 is 1.60 bits per heavy atom. The zero-order chi connectivity index (χ0) is 22.1. The minimum absolute atomic E-state index is 0.00286. The summed E-state index contributed by atoms with van der Waals surface area (Å²) in [5, 5.41) is 13.6. The molecule has 1 fully saturated rings. The average molecular weight is 499 g/mol. The molecule has 4 nitrogen and oxygen atoms in total. The van der Waals surface area contributed by atoms with E-state index in [2.05, 4.69) is 26.0 Å². The van der Waals surface area contributed by atoms with Crippen LogP contribution in [0.5, 0.6) is 11.5 Å². The maximum Gasteiger partial charge on any atom is 0.573 e. The second kappa shape index (κ2) is 8.64. The monoisotopic (exact) mass is 498 g/mol. The number of rotatable bonds is 4. The molecule has 0 spiro atoms. The number of nitrogens with one attached hydrogen (secondary N) is 1. The van der Waals surface area contributed by atoms with Crippen LogP contribution in [0.25, 0.3) is 0 Å². The maximum atomic E-state index is 13.4. The van der Waals surface area contributed by atoms with Crippen LogP contribution in [-0.2, 0) is 6.18 Å². The highest BCUT2D eigenvalue weighted by Crippen LogP contribution is 2.44. The Balaban J connectivity index is 2.08. The number of hydrogen-bond donors (Lipinski definition) is 2. The largest absolute Gasteiger partial charge is 0.573 e. The molecule has 0 amide bonds. The lowest BCUT2D eigenvalue weighted by Crippen LogP contribution is -2.45. The van der Waals surface area contributed by atoms with E-state index in [-0.39, 0.29) is 10.0 Å². The third kappa shape index (κ3) is 5.38. The van der Waals surface area contributed by atoms with Crippen molar-refractivity contribution in [3.05, 3.63) is 57.6 Å². The highest BCUT2D eigenvalue weighted by atomic mass is 79.9. The Kier molecular flexibility index (Phi) is 6.54. The predicted molar refractivity (Wildman–Crippen MR) is 100 cm³/mol. The molecule has 1 heterocycles. The summed E-state index contributed by atoms with van der Waals surface area (Å²) < 4.78 is 81.5. The molecular weight excluding hydrogens is 482 g/mol. The summed E-state index contributed by atoms with van der Waals surface area (Å²) in [7, 11) is 0. The molecule has 11 heteroatoms. The standard InChI is InChI=1S/C19H17BrF6N2O2/c20-12-9-14(17(29)15(10-12)18(21,22)23)16(28-7-5-27-6-8-28)11-1-3-13(4-2-11)30-19(24,25)26/h1-4,9-10,16,27,29H,5-8H2/t16-/m0/s1. The number of aromatic hydroxyl groups is 1. The lowest BCUT2D eigenvalue weighted by Gasteiger charge is -2.36. The van der Waals surface area contributed by atoms with Crippen molar-refractivity contribution in [3.63, 3.8) is 0 Å². The van der Waals surface area contributed by atoms with Crippen molar-refractivity contribution >= 4 is 15.9 Å². The van der Waals surface area contributed by atoms with Crippen molar-refractivity contribution in [3.8, 4) is 11.5 Å². The van der Waals surface area contributed by atoms with Gasteiger partial charge in [-0.1, -0.05) is 28.1 Å². The van der Waals surface area contributed by atoms with Gasteiger partial charge < -0.3 is 15.2 Å². The van der Waals surface area contributed by atoms with E-state index < -0.39 is 35.6 Å². The first-order valence-electron chi connectivity index (χ1n) is 8.86. The Hall–Kier alpha value is -1.98. The van der Waals surface area contributed by atoms with Crippen molar-refractivity contribution in [1.29, 1.82) is 0 Å². The molecule has 0 unspecified atom stereocenters. The molecule has 0 radical (unpaired) electrons. The number of alkyl halides is 6. The van der Waals surface area contributed by atoms with Crippen LogP contribution >= 0.6 is 15.9 Å². The first-order valence-corrected chi connectivity index (χ1v) is 9.65.